The van der Waals surface area contributed by atoms with Crippen molar-refractivity contribution in [2.75, 3.05) is 7.11 Å². The number of fused-ring (bicyclic) bond motifs is 3. The molecule has 3 heterocycles. The van der Waals surface area contributed by atoms with Gasteiger partial charge in [-0.05, 0) is 30.7 Å². The predicted molar refractivity (Wildman–Crippen MR) is 87.8 cm³/mol. The van der Waals surface area contributed by atoms with Crippen LogP contribution in [0.15, 0.2) is 47.4 Å². The van der Waals surface area contributed by atoms with Crippen molar-refractivity contribution in [2.24, 2.45) is 0 Å². The van der Waals surface area contributed by atoms with Crippen LogP contribution in [-0.2, 0) is 0 Å². The molecule has 0 aliphatic heterocycles. The van der Waals surface area contributed by atoms with Crippen LogP contribution < -0.4 is 10.3 Å². The molecule has 0 fully saturated rings. The molecule has 23 heavy (non-hydrogen) atoms. The number of methoxy groups -OCH3 is 1. The number of ether oxygens (including phenoxy) is 1. The highest BCUT2D eigenvalue weighted by molar-refractivity contribution is 5.82. The molecule has 1 aromatic carbocycles. The first-order valence-electron chi connectivity index (χ1n) is 7.18. The van der Waals surface area contributed by atoms with Crippen molar-refractivity contribution in [2.45, 2.75) is 6.92 Å². The maximum Gasteiger partial charge on any atom is 0.257 e. The van der Waals surface area contributed by atoms with Crippen LogP contribution >= 0.6 is 0 Å². The highest BCUT2D eigenvalue weighted by atomic mass is 16.5. The van der Waals surface area contributed by atoms with Gasteiger partial charge in [0.2, 0.25) is 0 Å². The number of hydrogen-bond acceptors (Lipinski definition) is 4. The van der Waals surface area contributed by atoms with Crippen molar-refractivity contribution in [3.05, 3.63) is 58.6 Å². The van der Waals surface area contributed by atoms with Gasteiger partial charge in [0, 0.05) is 23.2 Å². The molecule has 1 N–H and O–H groups in total. The monoisotopic (exact) mass is 306 g/mol. The summed E-state index contributed by atoms with van der Waals surface area (Å²) < 4.78 is 6.88. The van der Waals surface area contributed by atoms with Gasteiger partial charge < -0.3 is 9.72 Å². The SMILES string of the molecule is COc1cccc(-c2cc3cnc4cc(C)nn4c3[nH]c2=O)c1. The van der Waals surface area contributed by atoms with Gasteiger partial charge in [0.05, 0.1) is 12.8 Å². The van der Waals surface area contributed by atoms with Gasteiger partial charge in [-0.25, -0.2) is 4.98 Å². The zero-order valence-corrected chi connectivity index (χ0v) is 12.7. The van der Waals surface area contributed by atoms with E-state index in [4.69, 9.17) is 4.74 Å². The van der Waals surface area contributed by atoms with E-state index in [0.717, 1.165) is 16.6 Å². The molecule has 3 aromatic heterocycles. The molecule has 6 heteroatoms. The van der Waals surface area contributed by atoms with Crippen LogP contribution in [0.1, 0.15) is 5.69 Å². The molecule has 0 spiro atoms. The van der Waals surface area contributed by atoms with E-state index in [1.54, 1.807) is 17.8 Å². The van der Waals surface area contributed by atoms with Gasteiger partial charge in [-0.15, -0.1) is 0 Å². The predicted octanol–water partition coefficient (Wildman–Crippen LogP) is 2.55. The Bertz CT molecular complexity index is 1090. The summed E-state index contributed by atoms with van der Waals surface area (Å²) in [5, 5.41) is 5.19. The summed E-state index contributed by atoms with van der Waals surface area (Å²) in [4.78, 5) is 19.8. The van der Waals surface area contributed by atoms with Gasteiger partial charge in [-0.3, -0.25) is 4.79 Å². The third kappa shape index (κ3) is 2.15. The van der Waals surface area contributed by atoms with Crippen LogP contribution in [0.2, 0.25) is 0 Å². The van der Waals surface area contributed by atoms with Crippen molar-refractivity contribution < 1.29 is 4.74 Å². The molecule has 0 saturated carbocycles. The minimum atomic E-state index is -0.175. The van der Waals surface area contributed by atoms with E-state index >= 15 is 0 Å². The average Bonchev–Trinajstić information content (AvgIpc) is 2.95. The number of rotatable bonds is 2. The van der Waals surface area contributed by atoms with Crippen molar-refractivity contribution in [3.8, 4) is 16.9 Å². The molecule has 0 aliphatic rings. The van der Waals surface area contributed by atoms with E-state index in [0.29, 0.717) is 22.6 Å². The molecule has 0 radical (unpaired) electrons. The van der Waals surface area contributed by atoms with Crippen LogP contribution in [0.3, 0.4) is 0 Å². The number of pyridine rings is 1. The number of hydrogen-bond donors (Lipinski definition) is 1. The second-order valence-electron chi connectivity index (χ2n) is 5.36. The molecule has 0 amide bonds. The lowest BCUT2D eigenvalue weighted by Gasteiger charge is -2.06. The third-order valence-electron chi connectivity index (χ3n) is 3.79. The lowest BCUT2D eigenvalue weighted by Crippen LogP contribution is -2.11. The normalized spacial score (nSPS) is 11.2. The number of H-pyrrole nitrogens is 1. The zero-order valence-electron chi connectivity index (χ0n) is 12.7. The zero-order chi connectivity index (χ0) is 16.0. The minimum absolute atomic E-state index is 0.175. The highest BCUT2D eigenvalue weighted by Gasteiger charge is 2.10. The fraction of sp³-hybridized carbons (Fsp3) is 0.118. The van der Waals surface area contributed by atoms with Gasteiger partial charge in [-0.2, -0.15) is 9.61 Å². The summed E-state index contributed by atoms with van der Waals surface area (Å²) in [5.74, 6) is 0.707. The van der Waals surface area contributed by atoms with E-state index in [1.165, 1.54) is 0 Å². The quantitative estimate of drug-likeness (QED) is 0.618. The Kier molecular flexibility index (Phi) is 2.90. The molecule has 0 aliphatic carbocycles. The maximum atomic E-state index is 12.5. The Hall–Kier alpha value is -3.15. The Morgan fingerprint density at radius 1 is 1.22 bits per heavy atom. The van der Waals surface area contributed by atoms with Crippen molar-refractivity contribution in [1.82, 2.24) is 19.6 Å². The van der Waals surface area contributed by atoms with Crippen LogP contribution in [0.4, 0.5) is 0 Å². The topological polar surface area (TPSA) is 72.3 Å². The van der Waals surface area contributed by atoms with E-state index in [2.05, 4.69) is 15.1 Å². The Labute approximate surface area is 131 Å². The summed E-state index contributed by atoms with van der Waals surface area (Å²) in [5.41, 5.74) is 3.39. The number of nitrogens with zero attached hydrogens (tertiary/aromatic N) is 3. The van der Waals surface area contributed by atoms with Gasteiger partial charge in [0.1, 0.15) is 11.4 Å². The first kappa shape index (κ1) is 13.5. The number of aryl methyl sites for hydroxylation is 1. The van der Waals surface area contributed by atoms with E-state index in [1.807, 2.05) is 43.3 Å². The lowest BCUT2D eigenvalue weighted by atomic mass is 10.1. The summed E-state index contributed by atoms with van der Waals surface area (Å²) in [7, 11) is 1.60. The van der Waals surface area contributed by atoms with Crippen molar-refractivity contribution in [3.63, 3.8) is 0 Å². The van der Waals surface area contributed by atoms with Gasteiger partial charge in [-0.1, -0.05) is 12.1 Å². The Morgan fingerprint density at radius 3 is 2.91 bits per heavy atom. The van der Waals surface area contributed by atoms with Crippen LogP contribution in [0, 0.1) is 6.92 Å². The summed E-state index contributed by atoms with van der Waals surface area (Å²) in [6.07, 6.45) is 1.74. The third-order valence-corrected chi connectivity index (χ3v) is 3.79. The number of aromatic nitrogens is 4. The van der Waals surface area contributed by atoms with Crippen LogP contribution in [0.5, 0.6) is 5.75 Å². The molecular weight excluding hydrogens is 292 g/mol. The standard InChI is InChI=1S/C17H14N4O2/c1-10-6-15-18-9-12-8-14(11-4-3-5-13(7-11)23-2)17(22)19-16(12)21(15)20-10/h3-9H,1-2H3,(H,19,22). The first-order valence-corrected chi connectivity index (χ1v) is 7.18. The second-order valence-corrected chi connectivity index (χ2v) is 5.36. The average molecular weight is 306 g/mol. The van der Waals surface area contributed by atoms with Crippen LogP contribution in [0.25, 0.3) is 27.8 Å². The van der Waals surface area contributed by atoms with Gasteiger partial charge in [0.25, 0.3) is 5.56 Å². The molecule has 0 unspecified atom stereocenters. The molecule has 6 nitrogen and oxygen atoms in total. The number of benzene rings is 1. The largest absolute Gasteiger partial charge is 0.497 e. The molecule has 0 atom stereocenters. The molecule has 114 valence electrons. The number of nitrogens with one attached hydrogen (secondary N) is 1. The highest BCUT2D eigenvalue weighted by Crippen LogP contribution is 2.23. The minimum Gasteiger partial charge on any atom is -0.497 e. The first-order chi connectivity index (χ1) is 11.2. The van der Waals surface area contributed by atoms with E-state index in [-0.39, 0.29) is 5.56 Å². The summed E-state index contributed by atoms with van der Waals surface area (Å²) in [6, 6.07) is 11.1. The lowest BCUT2D eigenvalue weighted by molar-refractivity contribution is 0.415. The maximum absolute atomic E-state index is 12.5. The smallest absolute Gasteiger partial charge is 0.257 e. The van der Waals surface area contributed by atoms with Gasteiger partial charge >= 0.3 is 0 Å². The summed E-state index contributed by atoms with van der Waals surface area (Å²) >= 11 is 0. The summed E-state index contributed by atoms with van der Waals surface area (Å²) in [6.45, 7) is 1.89. The molecule has 0 bridgehead atoms. The Balaban J connectivity index is 2.00. The van der Waals surface area contributed by atoms with Crippen LogP contribution in [-0.4, -0.2) is 26.7 Å². The number of aromatic amines is 1. The Morgan fingerprint density at radius 2 is 2.09 bits per heavy atom. The van der Waals surface area contributed by atoms with E-state index < -0.39 is 0 Å². The molecular formula is C17H14N4O2. The second kappa shape index (κ2) is 4.95. The van der Waals surface area contributed by atoms with Crippen molar-refractivity contribution >= 4 is 16.7 Å². The fourth-order valence-electron chi connectivity index (χ4n) is 2.69. The van der Waals surface area contributed by atoms with E-state index in [9.17, 15) is 4.79 Å². The van der Waals surface area contributed by atoms with Gasteiger partial charge in [0.15, 0.2) is 5.65 Å². The molecule has 0 saturated heterocycles. The molecule has 4 rings (SSSR count). The fourth-order valence-corrected chi connectivity index (χ4v) is 2.69. The molecule has 4 aromatic rings. The van der Waals surface area contributed by atoms with Crippen molar-refractivity contribution in [1.29, 1.82) is 0 Å².